The monoisotopic (exact) mass is 480 g/mol. The van der Waals surface area contributed by atoms with Crippen molar-refractivity contribution in [1.82, 2.24) is 9.21 Å². The van der Waals surface area contributed by atoms with Crippen LogP contribution in [0.15, 0.2) is 41.3 Å². The second-order valence-electron chi connectivity index (χ2n) is 7.80. The topological polar surface area (TPSA) is 113 Å². The van der Waals surface area contributed by atoms with Crippen molar-refractivity contribution >= 4 is 38.9 Å². The number of non-ortho nitro benzene ring substituents is 1. The molecule has 9 nitrogen and oxygen atoms in total. The largest absolute Gasteiger partial charge is 0.323 e. The van der Waals surface area contributed by atoms with Crippen molar-refractivity contribution < 1.29 is 18.1 Å². The Morgan fingerprint density at radius 2 is 1.78 bits per heavy atom. The second-order valence-corrected chi connectivity index (χ2v) is 10.1. The van der Waals surface area contributed by atoms with E-state index in [4.69, 9.17) is 11.6 Å². The van der Waals surface area contributed by atoms with Gasteiger partial charge in [-0.15, -0.1) is 0 Å². The van der Waals surface area contributed by atoms with Gasteiger partial charge in [-0.1, -0.05) is 23.7 Å². The van der Waals surface area contributed by atoms with Gasteiger partial charge in [0.05, 0.1) is 26.6 Å². The van der Waals surface area contributed by atoms with E-state index in [1.807, 2.05) is 17.9 Å². The summed E-state index contributed by atoms with van der Waals surface area (Å²) < 4.78 is 27.6. The first-order chi connectivity index (χ1) is 15.0. The minimum atomic E-state index is -3.63. The lowest BCUT2D eigenvalue weighted by Gasteiger charge is -2.37. The number of aryl methyl sites for hydroxylation is 2. The van der Waals surface area contributed by atoms with E-state index < -0.39 is 21.0 Å². The van der Waals surface area contributed by atoms with Crippen LogP contribution in [0.5, 0.6) is 0 Å². The van der Waals surface area contributed by atoms with E-state index >= 15 is 0 Å². The van der Waals surface area contributed by atoms with Crippen molar-refractivity contribution in [3.05, 3.63) is 62.7 Å². The molecule has 1 fully saturated rings. The van der Waals surface area contributed by atoms with Gasteiger partial charge in [-0.3, -0.25) is 19.8 Å². The molecule has 11 heteroatoms. The fourth-order valence-corrected chi connectivity index (χ4v) is 5.48. The normalized spacial score (nSPS) is 16.5. The molecule has 2 aromatic rings. The maximum atomic E-state index is 13.1. The van der Waals surface area contributed by atoms with Crippen molar-refractivity contribution in [2.75, 3.05) is 31.5 Å². The Hall–Kier alpha value is -2.53. The third kappa shape index (κ3) is 5.09. The highest BCUT2D eigenvalue weighted by Crippen LogP contribution is 2.27. The van der Waals surface area contributed by atoms with E-state index in [9.17, 15) is 23.3 Å². The number of amides is 1. The van der Waals surface area contributed by atoms with E-state index in [2.05, 4.69) is 5.32 Å². The Bertz CT molecular complexity index is 1150. The number of carbonyl (C=O) groups excluding carboxylic acids is 1. The Morgan fingerprint density at radius 3 is 2.41 bits per heavy atom. The summed E-state index contributed by atoms with van der Waals surface area (Å²) in [7, 11) is -3.63. The zero-order valence-corrected chi connectivity index (χ0v) is 19.6. The molecule has 1 atom stereocenters. The van der Waals surface area contributed by atoms with E-state index in [-0.39, 0.29) is 35.4 Å². The first-order valence-corrected chi connectivity index (χ1v) is 11.9. The van der Waals surface area contributed by atoms with Gasteiger partial charge in [0.1, 0.15) is 0 Å². The highest BCUT2D eigenvalue weighted by Gasteiger charge is 2.32. The van der Waals surface area contributed by atoms with Gasteiger partial charge < -0.3 is 5.32 Å². The summed E-state index contributed by atoms with van der Waals surface area (Å²) in [6.07, 6.45) is 0. The van der Waals surface area contributed by atoms with Crippen LogP contribution in [0.1, 0.15) is 18.1 Å². The first-order valence-electron chi connectivity index (χ1n) is 10.1. The summed E-state index contributed by atoms with van der Waals surface area (Å²) >= 11 is 6.06. The van der Waals surface area contributed by atoms with Gasteiger partial charge >= 0.3 is 0 Å². The summed E-state index contributed by atoms with van der Waals surface area (Å²) in [4.78, 5) is 25.3. The summed E-state index contributed by atoms with van der Waals surface area (Å²) in [5, 5.41) is 13.8. The van der Waals surface area contributed by atoms with E-state index in [1.54, 1.807) is 26.0 Å². The average molecular weight is 481 g/mol. The number of piperazine rings is 1. The van der Waals surface area contributed by atoms with E-state index in [0.29, 0.717) is 23.5 Å². The molecule has 1 aliphatic rings. The average Bonchev–Trinajstić information content (AvgIpc) is 2.76. The Labute approximate surface area is 192 Å². The minimum absolute atomic E-state index is 0.161. The van der Waals surface area contributed by atoms with Crippen molar-refractivity contribution in [3.8, 4) is 0 Å². The Balaban J connectivity index is 1.66. The fourth-order valence-electron chi connectivity index (χ4n) is 3.58. The van der Waals surface area contributed by atoms with Crippen LogP contribution in [-0.2, 0) is 14.8 Å². The molecule has 0 aliphatic carbocycles. The van der Waals surface area contributed by atoms with Crippen LogP contribution < -0.4 is 5.32 Å². The van der Waals surface area contributed by atoms with Gasteiger partial charge in [0.25, 0.3) is 5.69 Å². The minimum Gasteiger partial charge on any atom is -0.323 e. The van der Waals surface area contributed by atoms with Crippen LogP contribution >= 0.6 is 11.6 Å². The maximum Gasteiger partial charge on any atom is 0.271 e. The predicted octanol–water partition coefficient (Wildman–Crippen LogP) is 3.20. The van der Waals surface area contributed by atoms with E-state index in [1.165, 1.54) is 22.5 Å². The van der Waals surface area contributed by atoms with Crippen molar-refractivity contribution in [2.24, 2.45) is 0 Å². The third-order valence-electron chi connectivity index (χ3n) is 5.58. The molecule has 2 aromatic carbocycles. The fraction of sp³-hybridized carbons (Fsp3) is 0.381. The molecule has 3 rings (SSSR count). The quantitative estimate of drug-likeness (QED) is 0.501. The third-order valence-corrected chi connectivity index (χ3v) is 7.95. The number of benzene rings is 2. The van der Waals surface area contributed by atoms with Gasteiger partial charge in [-0.2, -0.15) is 4.31 Å². The lowest BCUT2D eigenvalue weighted by Crippen LogP contribution is -2.54. The predicted molar refractivity (Wildman–Crippen MR) is 122 cm³/mol. The number of rotatable bonds is 6. The molecule has 0 radical (unpaired) electrons. The van der Waals surface area contributed by atoms with Crippen LogP contribution in [0.25, 0.3) is 0 Å². The van der Waals surface area contributed by atoms with Crippen LogP contribution in [0, 0.1) is 24.0 Å². The molecule has 1 amide bonds. The molecule has 32 heavy (non-hydrogen) atoms. The Kier molecular flexibility index (Phi) is 7.19. The highest BCUT2D eigenvalue weighted by atomic mass is 35.5. The second kappa shape index (κ2) is 9.53. The highest BCUT2D eigenvalue weighted by molar-refractivity contribution is 7.89. The molecule has 0 aromatic heterocycles. The molecule has 1 heterocycles. The first kappa shape index (κ1) is 24.1. The van der Waals surface area contributed by atoms with Crippen LogP contribution in [0.3, 0.4) is 0 Å². The maximum absolute atomic E-state index is 13.1. The van der Waals surface area contributed by atoms with Crippen molar-refractivity contribution in [3.63, 3.8) is 0 Å². The molecule has 1 unspecified atom stereocenters. The summed E-state index contributed by atoms with van der Waals surface area (Å²) in [6.45, 7) is 6.59. The number of nitro groups is 1. The zero-order chi connectivity index (χ0) is 23.6. The number of hydrogen-bond donors (Lipinski definition) is 1. The van der Waals surface area contributed by atoms with Gasteiger partial charge in [0.15, 0.2) is 0 Å². The van der Waals surface area contributed by atoms with Crippen LogP contribution in [-0.4, -0.2) is 60.7 Å². The number of hydrogen-bond acceptors (Lipinski definition) is 6. The number of nitrogens with one attached hydrogen (secondary N) is 1. The lowest BCUT2D eigenvalue weighted by molar-refractivity contribution is -0.384. The molecule has 0 saturated carbocycles. The number of carbonyl (C=O) groups is 1. The van der Waals surface area contributed by atoms with Crippen LogP contribution in [0.4, 0.5) is 11.4 Å². The number of sulfonamides is 1. The molecule has 1 aliphatic heterocycles. The Morgan fingerprint density at radius 1 is 1.12 bits per heavy atom. The molecular weight excluding hydrogens is 456 g/mol. The molecular formula is C21H25ClN4O5S. The van der Waals surface area contributed by atoms with Crippen LogP contribution in [0.2, 0.25) is 5.02 Å². The number of nitrogens with zero attached hydrogens (tertiary/aromatic N) is 3. The van der Waals surface area contributed by atoms with Crippen molar-refractivity contribution in [1.29, 1.82) is 0 Å². The van der Waals surface area contributed by atoms with Crippen molar-refractivity contribution in [2.45, 2.75) is 31.7 Å². The zero-order valence-electron chi connectivity index (χ0n) is 18.0. The summed E-state index contributed by atoms with van der Waals surface area (Å²) in [6, 6.07) is 8.60. The van der Waals surface area contributed by atoms with Gasteiger partial charge in [0, 0.05) is 38.3 Å². The summed E-state index contributed by atoms with van der Waals surface area (Å²) in [5.74, 6) is -0.377. The number of anilines is 1. The molecule has 0 spiro atoms. The number of nitro benzene ring substituents is 1. The molecule has 0 bridgehead atoms. The molecule has 1 saturated heterocycles. The van der Waals surface area contributed by atoms with Gasteiger partial charge in [0.2, 0.25) is 15.9 Å². The molecule has 1 N–H and O–H groups in total. The standard InChI is InChI=1S/C21H25ClN4O5S/c1-14-4-5-15(2)20(12-14)32(30,31)25-10-8-24(9-11-25)16(3)21(27)23-19-13-17(26(28)29)6-7-18(19)22/h4-7,12-13,16H,8-11H2,1-3H3,(H,23,27). The SMILES string of the molecule is Cc1ccc(C)c(S(=O)(=O)N2CCN(C(C)C(=O)Nc3cc([N+](=O)[O-])ccc3Cl)CC2)c1. The smallest absolute Gasteiger partial charge is 0.271 e. The van der Waals surface area contributed by atoms with Gasteiger partial charge in [-0.25, -0.2) is 8.42 Å². The lowest BCUT2D eigenvalue weighted by atomic mass is 10.2. The summed E-state index contributed by atoms with van der Waals surface area (Å²) in [5.41, 5.74) is 1.55. The number of halogens is 1. The van der Waals surface area contributed by atoms with Gasteiger partial charge in [-0.05, 0) is 44.0 Å². The van der Waals surface area contributed by atoms with E-state index in [0.717, 1.165) is 5.56 Å². The molecule has 172 valence electrons.